The van der Waals surface area contributed by atoms with Gasteiger partial charge in [-0.3, -0.25) is 4.79 Å². The molecule has 0 saturated carbocycles. The molecule has 5 nitrogen and oxygen atoms in total. The maximum atomic E-state index is 13.9. The number of likely N-dealkylation sites (N-methyl/N-ethyl adjacent to an activating group) is 1. The topological polar surface area (TPSA) is 58.4 Å². The molecule has 24 heavy (non-hydrogen) atoms. The van der Waals surface area contributed by atoms with Crippen molar-refractivity contribution in [2.24, 2.45) is 0 Å². The molecule has 0 atom stereocenters. The number of benzene rings is 1. The summed E-state index contributed by atoms with van der Waals surface area (Å²) >= 11 is 0. The molecule has 1 aromatic carbocycles. The maximum Gasteiger partial charge on any atom is 0.274 e. The van der Waals surface area contributed by atoms with Crippen LogP contribution in [0.3, 0.4) is 0 Å². The van der Waals surface area contributed by atoms with Gasteiger partial charge in [-0.2, -0.15) is 5.10 Å². The van der Waals surface area contributed by atoms with Crippen molar-refractivity contribution in [2.75, 3.05) is 13.1 Å². The van der Waals surface area contributed by atoms with Gasteiger partial charge in [0.05, 0.1) is 5.60 Å². The van der Waals surface area contributed by atoms with Gasteiger partial charge < -0.3 is 10.0 Å². The summed E-state index contributed by atoms with van der Waals surface area (Å²) in [6, 6.07) is 4.71. The Morgan fingerprint density at radius 1 is 1.33 bits per heavy atom. The number of aliphatic hydroxyl groups is 1. The monoisotopic (exact) mass is 337 g/mol. The third kappa shape index (κ3) is 3.97. The highest BCUT2D eigenvalue weighted by Gasteiger charge is 2.25. The predicted octanol–water partition coefficient (Wildman–Crippen LogP) is 2.69. The fourth-order valence-corrected chi connectivity index (χ4v) is 2.43. The smallest absolute Gasteiger partial charge is 0.274 e. The second kappa shape index (κ2) is 6.68. The van der Waals surface area contributed by atoms with E-state index in [1.807, 2.05) is 0 Å². The Bertz CT molecular complexity index is 751. The number of carbonyl (C=O) groups is 1. The molecule has 2 aromatic rings. The molecule has 1 N–H and O–H groups in total. The Morgan fingerprint density at radius 3 is 2.54 bits per heavy atom. The van der Waals surface area contributed by atoms with Gasteiger partial charge in [-0.05, 0) is 45.9 Å². The summed E-state index contributed by atoms with van der Waals surface area (Å²) in [5.41, 5.74) is -0.282. The van der Waals surface area contributed by atoms with E-state index in [0.29, 0.717) is 12.2 Å². The normalized spacial score (nSPS) is 11.6. The number of carbonyl (C=O) groups excluding carboxylic acids is 1. The molecule has 0 bridgehead atoms. The van der Waals surface area contributed by atoms with Gasteiger partial charge >= 0.3 is 0 Å². The molecule has 0 aliphatic carbocycles. The summed E-state index contributed by atoms with van der Waals surface area (Å²) in [6.07, 6.45) is 0. The van der Waals surface area contributed by atoms with Crippen LogP contribution in [0.5, 0.6) is 0 Å². The van der Waals surface area contributed by atoms with Crippen LogP contribution >= 0.6 is 0 Å². The molecule has 0 aliphatic rings. The number of nitrogens with zero attached hydrogens (tertiary/aromatic N) is 3. The zero-order valence-corrected chi connectivity index (χ0v) is 14.2. The van der Waals surface area contributed by atoms with Crippen LogP contribution in [-0.2, 0) is 0 Å². The lowest BCUT2D eigenvalue weighted by atomic mass is 10.1. The summed E-state index contributed by atoms with van der Waals surface area (Å²) in [6.45, 7) is 7.26. The molecule has 0 saturated heterocycles. The summed E-state index contributed by atoms with van der Waals surface area (Å²) < 4.78 is 28.3. The van der Waals surface area contributed by atoms with E-state index in [9.17, 15) is 18.7 Å². The van der Waals surface area contributed by atoms with Crippen LogP contribution in [0, 0.1) is 18.6 Å². The molecule has 0 fully saturated rings. The van der Waals surface area contributed by atoms with Crippen molar-refractivity contribution in [1.82, 2.24) is 14.7 Å². The largest absolute Gasteiger partial charge is 0.389 e. The first-order valence-corrected chi connectivity index (χ1v) is 7.66. The molecule has 0 aliphatic heterocycles. The predicted molar refractivity (Wildman–Crippen MR) is 86.1 cm³/mol. The number of aromatic nitrogens is 2. The van der Waals surface area contributed by atoms with Crippen molar-refractivity contribution in [2.45, 2.75) is 33.3 Å². The quantitative estimate of drug-likeness (QED) is 0.913. The number of halogens is 2. The van der Waals surface area contributed by atoms with E-state index in [0.717, 1.165) is 12.1 Å². The Morgan fingerprint density at radius 2 is 2.00 bits per heavy atom. The minimum Gasteiger partial charge on any atom is -0.389 e. The van der Waals surface area contributed by atoms with Crippen molar-refractivity contribution in [1.29, 1.82) is 0 Å². The molecule has 1 heterocycles. The van der Waals surface area contributed by atoms with Crippen LogP contribution in [0.25, 0.3) is 5.69 Å². The third-order valence-electron chi connectivity index (χ3n) is 3.49. The van der Waals surface area contributed by atoms with Crippen LogP contribution in [-0.4, -0.2) is 44.4 Å². The average Bonchev–Trinajstić information content (AvgIpc) is 2.85. The minimum atomic E-state index is -1.04. The van der Waals surface area contributed by atoms with Crippen LogP contribution in [0.1, 0.15) is 37.0 Å². The third-order valence-corrected chi connectivity index (χ3v) is 3.49. The van der Waals surface area contributed by atoms with Gasteiger partial charge in [0.25, 0.3) is 5.91 Å². The summed E-state index contributed by atoms with van der Waals surface area (Å²) in [5, 5.41) is 14.1. The number of hydrogen-bond donors (Lipinski definition) is 1. The van der Waals surface area contributed by atoms with E-state index in [1.54, 1.807) is 27.7 Å². The Hall–Kier alpha value is -2.28. The van der Waals surface area contributed by atoms with E-state index in [1.165, 1.54) is 21.7 Å². The first kappa shape index (κ1) is 18.1. The van der Waals surface area contributed by atoms with E-state index < -0.39 is 17.2 Å². The van der Waals surface area contributed by atoms with Gasteiger partial charge in [-0.15, -0.1) is 0 Å². The molecule has 1 aromatic heterocycles. The Labute approximate surface area is 139 Å². The highest BCUT2D eigenvalue weighted by atomic mass is 19.1. The van der Waals surface area contributed by atoms with Gasteiger partial charge in [0.2, 0.25) is 0 Å². The van der Waals surface area contributed by atoms with Crippen molar-refractivity contribution in [3.63, 3.8) is 0 Å². The zero-order chi connectivity index (χ0) is 18.1. The lowest BCUT2D eigenvalue weighted by molar-refractivity contribution is 0.0311. The highest BCUT2D eigenvalue weighted by molar-refractivity contribution is 5.92. The van der Waals surface area contributed by atoms with Gasteiger partial charge in [0.15, 0.2) is 11.5 Å². The first-order valence-electron chi connectivity index (χ1n) is 7.66. The fourth-order valence-electron chi connectivity index (χ4n) is 2.43. The molecule has 7 heteroatoms. The summed E-state index contributed by atoms with van der Waals surface area (Å²) in [7, 11) is 0. The zero-order valence-electron chi connectivity index (χ0n) is 14.2. The average molecular weight is 337 g/mol. The minimum absolute atomic E-state index is 0.0680. The molecule has 130 valence electrons. The van der Waals surface area contributed by atoms with Crippen molar-refractivity contribution < 1.29 is 18.7 Å². The molecular formula is C17H21F2N3O2. The van der Waals surface area contributed by atoms with E-state index in [4.69, 9.17) is 0 Å². The standard InChI is InChI=1S/C17H21F2N3O2/c1-5-21(10-17(3,4)24)16(23)14-8-11(2)22(20-14)15-7-6-12(18)9-13(15)19/h6-9,24H,5,10H2,1-4H3. The fraction of sp³-hybridized carbons (Fsp3) is 0.412. The van der Waals surface area contributed by atoms with Crippen LogP contribution in [0.2, 0.25) is 0 Å². The molecule has 0 radical (unpaired) electrons. The number of hydrogen-bond acceptors (Lipinski definition) is 3. The number of rotatable bonds is 5. The second-order valence-electron chi connectivity index (χ2n) is 6.31. The van der Waals surface area contributed by atoms with Crippen molar-refractivity contribution in [3.05, 3.63) is 47.3 Å². The maximum absolute atomic E-state index is 13.9. The molecule has 0 unspecified atom stereocenters. The van der Waals surface area contributed by atoms with Gasteiger partial charge in [-0.25, -0.2) is 13.5 Å². The van der Waals surface area contributed by atoms with Gasteiger partial charge in [0.1, 0.15) is 11.5 Å². The summed E-state index contributed by atoms with van der Waals surface area (Å²) in [4.78, 5) is 14.0. The molecule has 0 spiro atoms. The van der Waals surface area contributed by atoms with E-state index in [2.05, 4.69) is 5.10 Å². The lowest BCUT2D eigenvalue weighted by Gasteiger charge is -2.27. The highest BCUT2D eigenvalue weighted by Crippen LogP contribution is 2.18. The summed E-state index contributed by atoms with van der Waals surface area (Å²) in [5.74, 6) is -1.80. The molecule has 1 amide bonds. The molecule has 2 rings (SSSR count). The Balaban J connectivity index is 2.35. The van der Waals surface area contributed by atoms with E-state index >= 15 is 0 Å². The number of amides is 1. The second-order valence-corrected chi connectivity index (χ2v) is 6.31. The van der Waals surface area contributed by atoms with E-state index in [-0.39, 0.29) is 23.8 Å². The SMILES string of the molecule is CCN(CC(C)(C)O)C(=O)c1cc(C)n(-c2ccc(F)cc2F)n1. The van der Waals surface area contributed by atoms with Crippen LogP contribution < -0.4 is 0 Å². The first-order chi connectivity index (χ1) is 11.1. The van der Waals surface area contributed by atoms with Gasteiger partial charge in [-0.1, -0.05) is 0 Å². The molecular weight excluding hydrogens is 316 g/mol. The van der Waals surface area contributed by atoms with Crippen LogP contribution in [0.15, 0.2) is 24.3 Å². The Kier molecular flexibility index (Phi) is 5.03. The van der Waals surface area contributed by atoms with Crippen LogP contribution in [0.4, 0.5) is 8.78 Å². The number of aryl methyl sites for hydroxylation is 1. The van der Waals surface area contributed by atoms with Gasteiger partial charge in [0, 0.05) is 24.8 Å². The van der Waals surface area contributed by atoms with Crippen molar-refractivity contribution in [3.8, 4) is 5.69 Å². The van der Waals surface area contributed by atoms with Crippen molar-refractivity contribution >= 4 is 5.91 Å². The lowest BCUT2D eigenvalue weighted by Crippen LogP contribution is -2.42.